The predicted molar refractivity (Wildman–Crippen MR) is 130 cm³/mol. The van der Waals surface area contributed by atoms with Gasteiger partial charge in [-0.3, -0.25) is 9.69 Å². The summed E-state index contributed by atoms with van der Waals surface area (Å²) in [7, 11) is -2.47. The highest BCUT2D eigenvalue weighted by molar-refractivity contribution is 6.74. The zero-order chi connectivity index (χ0) is 26.2. The molecule has 0 aromatic carbocycles. The van der Waals surface area contributed by atoms with Gasteiger partial charge in [0.05, 0.1) is 12.6 Å². The molecule has 1 heterocycles. The second kappa shape index (κ2) is 9.66. The molecule has 0 aromatic rings. The molecule has 1 rings (SSSR count). The van der Waals surface area contributed by atoms with E-state index < -0.39 is 49.7 Å². The number of nitrogens with two attached hydrogens (primary N) is 1. The molecular weight excluding hydrogens is 442 g/mol. The van der Waals surface area contributed by atoms with Crippen LogP contribution in [-0.2, 0) is 18.8 Å². The van der Waals surface area contributed by atoms with Crippen LogP contribution < -0.4 is 5.73 Å². The van der Waals surface area contributed by atoms with Crippen molar-refractivity contribution in [1.29, 1.82) is 0 Å². The molecule has 0 bridgehead atoms. The number of carbonyl (C=O) groups excluding carboxylic acids is 3. The Balaban J connectivity index is 3.47. The Morgan fingerprint density at radius 3 is 1.88 bits per heavy atom. The molecule has 2 atom stereocenters. The summed E-state index contributed by atoms with van der Waals surface area (Å²) in [6.07, 6.45) is 0.371. The van der Waals surface area contributed by atoms with Gasteiger partial charge in [0.1, 0.15) is 17.2 Å². The molecule has 0 aromatic heterocycles. The van der Waals surface area contributed by atoms with Crippen molar-refractivity contribution >= 4 is 26.4 Å². The first kappa shape index (κ1) is 29.0. The molecule has 0 aliphatic carbocycles. The topological polar surface area (TPSA) is 111 Å². The molecular formula is C23H43N3O6Si. The van der Waals surface area contributed by atoms with Crippen LogP contribution in [0.4, 0.5) is 9.59 Å². The fourth-order valence-corrected chi connectivity index (χ4v) is 3.93. The maximum Gasteiger partial charge on any atom is 0.434 e. The Kier molecular flexibility index (Phi) is 8.47. The minimum Gasteiger partial charge on any atom is -0.444 e. The summed E-state index contributed by atoms with van der Waals surface area (Å²) in [6, 6.07) is -1.68. The van der Waals surface area contributed by atoms with Crippen molar-refractivity contribution < 1.29 is 28.4 Å². The van der Waals surface area contributed by atoms with Crippen LogP contribution in [0.1, 0.15) is 69.2 Å². The van der Waals surface area contributed by atoms with E-state index in [2.05, 4.69) is 20.8 Å². The summed E-state index contributed by atoms with van der Waals surface area (Å²) in [5, 5.41) is 1.02. The lowest BCUT2D eigenvalue weighted by molar-refractivity contribution is -0.125. The Bertz CT molecular complexity index is 789. The molecule has 9 nitrogen and oxygen atoms in total. The number of hydrogen-bond acceptors (Lipinski definition) is 6. The highest BCUT2D eigenvalue weighted by Gasteiger charge is 2.46. The molecule has 3 amide bonds. The highest BCUT2D eigenvalue weighted by atomic mass is 28.4. The average molecular weight is 486 g/mol. The van der Waals surface area contributed by atoms with E-state index in [0.29, 0.717) is 5.57 Å². The lowest BCUT2D eigenvalue weighted by Gasteiger charge is -2.45. The maximum absolute atomic E-state index is 13.2. The lowest BCUT2D eigenvalue weighted by Crippen LogP contribution is -2.60. The van der Waals surface area contributed by atoms with Crippen molar-refractivity contribution in [2.75, 3.05) is 6.54 Å². The zero-order valence-electron chi connectivity index (χ0n) is 22.4. The Morgan fingerprint density at radius 2 is 1.48 bits per heavy atom. The molecule has 2 N–H and O–H groups in total. The summed E-state index contributed by atoms with van der Waals surface area (Å²) in [5.41, 5.74) is 4.62. The van der Waals surface area contributed by atoms with E-state index in [1.54, 1.807) is 54.5 Å². The van der Waals surface area contributed by atoms with Crippen molar-refractivity contribution in [2.45, 2.75) is 111 Å². The second-order valence-corrected chi connectivity index (χ2v) is 16.8. The first-order chi connectivity index (χ1) is 14.6. The number of rotatable bonds is 4. The van der Waals surface area contributed by atoms with E-state index in [-0.39, 0.29) is 11.6 Å². The molecule has 1 aliphatic rings. The normalized spacial score (nSPS) is 20.1. The smallest absolute Gasteiger partial charge is 0.434 e. The van der Waals surface area contributed by atoms with Gasteiger partial charge >= 0.3 is 12.2 Å². The molecule has 0 radical (unpaired) electrons. The van der Waals surface area contributed by atoms with Gasteiger partial charge in [-0.1, -0.05) is 26.8 Å². The average Bonchev–Trinajstić information content (AvgIpc) is 2.54. The number of carbonyl (C=O) groups is 3. The van der Waals surface area contributed by atoms with Crippen molar-refractivity contribution in [3.05, 3.63) is 11.6 Å². The van der Waals surface area contributed by atoms with E-state index in [9.17, 15) is 14.4 Å². The molecule has 0 fully saturated rings. The van der Waals surface area contributed by atoms with Crippen LogP contribution in [0.3, 0.4) is 0 Å². The van der Waals surface area contributed by atoms with Gasteiger partial charge in [-0.15, -0.1) is 0 Å². The largest absolute Gasteiger partial charge is 0.444 e. The molecule has 0 saturated carbocycles. The summed E-state index contributed by atoms with van der Waals surface area (Å²) >= 11 is 0. The van der Waals surface area contributed by atoms with E-state index in [0.717, 1.165) is 0 Å². The van der Waals surface area contributed by atoms with E-state index in [4.69, 9.17) is 19.7 Å². The fraction of sp³-hybridized carbons (Fsp3) is 0.783. The molecule has 0 saturated heterocycles. The first-order valence-electron chi connectivity index (χ1n) is 11.2. The van der Waals surface area contributed by atoms with Crippen molar-refractivity contribution in [3.8, 4) is 0 Å². The maximum atomic E-state index is 13.2. The minimum absolute atomic E-state index is 0.0340. The van der Waals surface area contributed by atoms with E-state index in [1.807, 2.05) is 13.1 Å². The number of amides is 3. The number of nitrogens with zero attached hydrogens (tertiary/aromatic N) is 2. The first-order valence-corrected chi connectivity index (χ1v) is 14.1. The highest BCUT2D eigenvalue weighted by Crippen LogP contribution is 2.38. The summed E-state index contributed by atoms with van der Waals surface area (Å²) in [5.74, 6) is -0.679. The van der Waals surface area contributed by atoms with Crippen molar-refractivity contribution in [1.82, 2.24) is 9.96 Å². The molecule has 0 spiro atoms. The van der Waals surface area contributed by atoms with Crippen LogP contribution in [0.5, 0.6) is 0 Å². The Labute approximate surface area is 199 Å². The number of ether oxygens (including phenoxy) is 2. The van der Waals surface area contributed by atoms with Crippen LogP contribution in [0.15, 0.2) is 11.6 Å². The van der Waals surface area contributed by atoms with Crippen LogP contribution in [0, 0.1) is 0 Å². The molecule has 1 aliphatic heterocycles. The van der Waals surface area contributed by atoms with Crippen LogP contribution in [-0.4, -0.2) is 66.2 Å². The van der Waals surface area contributed by atoms with Gasteiger partial charge in [0.15, 0.2) is 0 Å². The lowest BCUT2D eigenvalue weighted by atomic mass is 9.98. The van der Waals surface area contributed by atoms with Gasteiger partial charge in [-0.2, -0.15) is 5.06 Å². The third-order valence-electron chi connectivity index (χ3n) is 5.49. The van der Waals surface area contributed by atoms with Gasteiger partial charge in [-0.05, 0) is 72.2 Å². The monoisotopic (exact) mass is 485 g/mol. The SMILES string of the molecule is CC1=C[C@@H](N(O[Si](C)(C)C(C)(C)C)C(=O)OC(C)(C)C)CN(C(=O)OC(C)(C)C)[C@@H]1C(N)=O. The second-order valence-electron chi connectivity index (χ2n) is 12.1. The number of hydrogen-bond donors (Lipinski definition) is 1. The number of hydroxylamine groups is 2. The summed E-state index contributed by atoms with van der Waals surface area (Å²) in [4.78, 5) is 39.7. The standard InChI is InChI=1S/C23H43N3O6Si/c1-15-13-16(14-25(17(15)18(24)27)19(28)30-21(2,3)4)26(20(29)31-22(5,6)7)32-33(11,12)23(8,9)10/h13,16-17H,14H2,1-12H3,(H2,24,27)/t16-,17+/m1/s1. The quantitative estimate of drug-likeness (QED) is 0.354. The fourth-order valence-electron chi connectivity index (χ4n) is 2.95. The van der Waals surface area contributed by atoms with Crippen molar-refractivity contribution in [2.24, 2.45) is 5.73 Å². The minimum atomic E-state index is -2.47. The van der Waals surface area contributed by atoms with E-state index in [1.165, 1.54) is 9.96 Å². The Hall–Kier alpha value is -2.07. The van der Waals surface area contributed by atoms with E-state index >= 15 is 0 Å². The summed E-state index contributed by atoms with van der Waals surface area (Å²) < 4.78 is 17.5. The third kappa shape index (κ3) is 8.03. The molecule has 0 unspecified atom stereocenters. The van der Waals surface area contributed by atoms with Crippen LogP contribution in [0.2, 0.25) is 18.1 Å². The van der Waals surface area contributed by atoms with Gasteiger partial charge in [0.2, 0.25) is 14.2 Å². The van der Waals surface area contributed by atoms with Gasteiger partial charge in [-0.25, -0.2) is 9.59 Å². The van der Waals surface area contributed by atoms with Gasteiger partial charge in [0, 0.05) is 0 Å². The van der Waals surface area contributed by atoms with Crippen molar-refractivity contribution in [3.63, 3.8) is 0 Å². The van der Waals surface area contributed by atoms with Crippen LogP contribution >= 0.6 is 0 Å². The zero-order valence-corrected chi connectivity index (χ0v) is 23.4. The molecule has 33 heavy (non-hydrogen) atoms. The van der Waals surface area contributed by atoms with Gasteiger partial charge < -0.3 is 19.7 Å². The molecule has 190 valence electrons. The molecule has 10 heteroatoms. The van der Waals surface area contributed by atoms with Gasteiger partial charge in [0.25, 0.3) is 0 Å². The van der Waals surface area contributed by atoms with Crippen LogP contribution in [0.25, 0.3) is 0 Å². The third-order valence-corrected chi connectivity index (χ3v) is 9.75. The summed E-state index contributed by atoms with van der Waals surface area (Å²) in [6.45, 7) is 22.4. The predicted octanol–water partition coefficient (Wildman–Crippen LogP) is 4.58. The Morgan fingerprint density at radius 1 is 1.00 bits per heavy atom. The number of primary amides is 1.